The Morgan fingerprint density at radius 2 is 1.94 bits per heavy atom. The molecular formula is C27H27N5O. The molecule has 0 spiro atoms. The lowest BCUT2D eigenvalue weighted by Gasteiger charge is -2.33. The standard InChI is InChI=1S/C27H27N5O/c1-19-5-3-6-22(15-19)25-16-29-20(2)30-26(25)23-7-4-13-31(17-23)27(33)21-8-10-24(11-9-21)32-14-12-28-18-32/h3,5-6,8-12,14-16,18,23H,4,7,13,17H2,1-2H3. The molecule has 1 fully saturated rings. The highest BCUT2D eigenvalue weighted by Gasteiger charge is 2.28. The van der Waals surface area contributed by atoms with Crippen molar-refractivity contribution >= 4 is 5.91 Å². The zero-order chi connectivity index (χ0) is 22.8. The molecule has 6 heteroatoms. The minimum absolute atomic E-state index is 0.0692. The summed E-state index contributed by atoms with van der Waals surface area (Å²) >= 11 is 0. The Balaban J connectivity index is 1.39. The number of hydrogen-bond donors (Lipinski definition) is 0. The van der Waals surface area contributed by atoms with Gasteiger partial charge >= 0.3 is 0 Å². The molecule has 4 aromatic rings. The second kappa shape index (κ2) is 8.98. The fourth-order valence-corrected chi connectivity index (χ4v) is 4.59. The van der Waals surface area contributed by atoms with E-state index in [9.17, 15) is 4.79 Å². The van der Waals surface area contributed by atoms with Crippen LogP contribution >= 0.6 is 0 Å². The number of benzene rings is 2. The van der Waals surface area contributed by atoms with Crippen molar-refractivity contribution in [2.75, 3.05) is 13.1 Å². The van der Waals surface area contributed by atoms with E-state index < -0.39 is 0 Å². The first-order valence-corrected chi connectivity index (χ1v) is 11.4. The Hall–Kier alpha value is -3.80. The van der Waals surface area contributed by atoms with Crippen molar-refractivity contribution in [1.29, 1.82) is 0 Å². The van der Waals surface area contributed by atoms with E-state index in [1.807, 2.05) is 53.0 Å². The number of piperidine rings is 1. The van der Waals surface area contributed by atoms with Crippen LogP contribution in [0.1, 0.15) is 46.2 Å². The first-order chi connectivity index (χ1) is 16.1. The SMILES string of the molecule is Cc1cccc(-c2cnc(C)nc2C2CCCN(C(=O)c3ccc(-n4ccnc4)cc3)C2)c1. The molecule has 5 rings (SSSR count). The Morgan fingerprint density at radius 1 is 1.09 bits per heavy atom. The number of aryl methyl sites for hydroxylation is 2. The van der Waals surface area contributed by atoms with E-state index in [-0.39, 0.29) is 11.8 Å². The summed E-state index contributed by atoms with van der Waals surface area (Å²) < 4.78 is 1.93. The molecule has 0 aliphatic carbocycles. The van der Waals surface area contributed by atoms with E-state index in [1.165, 1.54) is 5.56 Å². The molecule has 1 aliphatic rings. The molecule has 1 aliphatic heterocycles. The molecule has 1 amide bonds. The number of rotatable bonds is 4. The second-order valence-electron chi connectivity index (χ2n) is 8.69. The van der Waals surface area contributed by atoms with Crippen LogP contribution in [0, 0.1) is 13.8 Å². The number of nitrogens with zero attached hydrogens (tertiary/aromatic N) is 5. The summed E-state index contributed by atoms with van der Waals surface area (Å²) in [6, 6.07) is 16.2. The van der Waals surface area contributed by atoms with Gasteiger partial charge in [-0.05, 0) is 56.5 Å². The molecule has 166 valence electrons. The molecule has 33 heavy (non-hydrogen) atoms. The fraction of sp³-hybridized carbons (Fsp3) is 0.259. The lowest BCUT2D eigenvalue weighted by Crippen LogP contribution is -2.39. The average Bonchev–Trinajstić information content (AvgIpc) is 3.39. The second-order valence-corrected chi connectivity index (χ2v) is 8.69. The van der Waals surface area contributed by atoms with E-state index >= 15 is 0 Å². The smallest absolute Gasteiger partial charge is 0.253 e. The Bertz CT molecular complexity index is 1260. The van der Waals surface area contributed by atoms with E-state index in [0.717, 1.165) is 47.7 Å². The number of hydrogen-bond acceptors (Lipinski definition) is 4. The van der Waals surface area contributed by atoms with Gasteiger partial charge in [0.25, 0.3) is 5.91 Å². The number of carbonyl (C=O) groups is 1. The van der Waals surface area contributed by atoms with Crippen LogP contribution in [0.3, 0.4) is 0 Å². The largest absolute Gasteiger partial charge is 0.338 e. The predicted octanol–water partition coefficient (Wildman–Crippen LogP) is 4.97. The van der Waals surface area contributed by atoms with Gasteiger partial charge in [-0.1, -0.05) is 29.8 Å². The first kappa shape index (κ1) is 21.1. The molecule has 2 aromatic carbocycles. The summed E-state index contributed by atoms with van der Waals surface area (Å²) in [7, 11) is 0. The quantitative estimate of drug-likeness (QED) is 0.452. The van der Waals surface area contributed by atoms with Crippen molar-refractivity contribution in [3.63, 3.8) is 0 Å². The van der Waals surface area contributed by atoms with Gasteiger partial charge < -0.3 is 9.47 Å². The van der Waals surface area contributed by atoms with Crippen molar-refractivity contribution < 1.29 is 4.79 Å². The van der Waals surface area contributed by atoms with E-state index in [0.29, 0.717) is 12.1 Å². The summed E-state index contributed by atoms with van der Waals surface area (Å²) in [5, 5.41) is 0. The molecule has 0 bridgehead atoms. The number of imidazole rings is 1. The minimum Gasteiger partial charge on any atom is -0.338 e. The highest BCUT2D eigenvalue weighted by Crippen LogP contribution is 2.33. The van der Waals surface area contributed by atoms with Gasteiger partial charge in [0, 0.05) is 54.4 Å². The molecular weight excluding hydrogens is 410 g/mol. The first-order valence-electron chi connectivity index (χ1n) is 11.4. The van der Waals surface area contributed by atoms with Gasteiger partial charge in [0.15, 0.2) is 0 Å². The van der Waals surface area contributed by atoms with Crippen LogP contribution in [0.25, 0.3) is 16.8 Å². The average molecular weight is 438 g/mol. The van der Waals surface area contributed by atoms with E-state index in [4.69, 9.17) is 4.98 Å². The van der Waals surface area contributed by atoms with Crippen LogP contribution in [0.2, 0.25) is 0 Å². The van der Waals surface area contributed by atoms with Gasteiger partial charge in [0.05, 0.1) is 12.0 Å². The third kappa shape index (κ3) is 4.42. The summed E-state index contributed by atoms with van der Waals surface area (Å²) in [4.78, 5) is 28.7. The highest BCUT2D eigenvalue weighted by atomic mass is 16.2. The van der Waals surface area contributed by atoms with Gasteiger partial charge in [0.1, 0.15) is 5.82 Å². The van der Waals surface area contributed by atoms with Gasteiger partial charge in [-0.25, -0.2) is 15.0 Å². The van der Waals surface area contributed by atoms with Gasteiger partial charge in [-0.3, -0.25) is 4.79 Å². The van der Waals surface area contributed by atoms with Gasteiger partial charge in [0.2, 0.25) is 0 Å². The van der Waals surface area contributed by atoms with Gasteiger partial charge in [-0.15, -0.1) is 0 Å². The topological polar surface area (TPSA) is 63.9 Å². The monoisotopic (exact) mass is 437 g/mol. The van der Waals surface area contributed by atoms with Crippen molar-refractivity contribution in [2.45, 2.75) is 32.6 Å². The summed E-state index contributed by atoms with van der Waals surface area (Å²) in [6.45, 7) is 5.45. The molecule has 2 aromatic heterocycles. The normalized spacial score (nSPS) is 16.1. The number of amides is 1. The highest BCUT2D eigenvalue weighted by molar-refractivity contribution is 5.94. The summed E-state index contributed by atoms with van der Waals surface area (Å²) in [5.74, 6) is 1.02. The van der Waals surface area contributed by atoms with E-state index in [2.05, 4.69) is 41.2 Å². The van der Waals surface area contributed by atoms with Crippen molar-refractivity contribution in [1.82, 2.24) is 24.4 Å². The Morgan fingerprint density at radius 3 is 2.70 bits per heavy atom. The van der Waals surface area contributed by atoms with Crippen LogP contribution < -0.4 is 0 Å². The van der Waals surface area contributed by atoms with Crippen molar-refractivity contribution in [3.8, 4) is 16.8 Å². The molecule has 1 unspecified atom stereocenters. The fourth-order valence-electron chi connectivity index (χ4n) is 4.59. The van der Waals surface area contributed by atoms with Crippen LogP contribution in [0.15, 0.2) is 73.4 Å². The lowest BCUT2D eigenvalue weighted by molar-refractivity contribution is 0.0706. The lowest BCUT2D eigenvalue weighted by atomic mass is 9.89. The number of carbonyl (C=O) groups excluding carboxylic acids is 1. The summed E-state index contributed by atoms with van der Waals surface area (Å²) in [6.07, 6.45) is 9.29. The molecule has 0 N–H and O–H groups in total. The maximum atomic E-state index is 13.3. The molecule has 3 heterocycles. The number of likely N-dealkylation sites (tertiary alicyclic amines) is 1. The third-order valence-corrected chi connectivity index (χ3v) is 6.28. The van der Waals surface area contributed by atoms with E-state index in [1.54, 1.807) is 12.5 Å². The molecule has 6 nitrogen and oxygen atoms in total. The zero-order valence-corrected chi connectivity index (χ0v) is 19.0. The van der Waals surface area contributed by atoms with Crippen LogP contribution in [-0.2, 0) is 0 Å². The Kier molecular flexibility index (Phi) is 5.73. The zero-order valence-electron chi connectivity index (χ0n) is 19.0. The third-order valence-electron chi connectivity index (χ3n) is 6.28. The molecule has 1 saturated heterocycles. The van der Waals surface area contributed by atoms with Gasteiger partial charge in [-0.2, -0.15) is 0 Å². The minimum atomic E-state index is 0.0692. The van der Waals surface area contributed by atoms with Crippen LogP contribution in [0.5, 0.6) is 0 Å². The van der Waals surface area contributed by atoms with Crippen molar-refractivity contribution in [2.24, 2.45) is 0 Å². The Labute approximate surface area is 194 Å². The summed E-state index contributed by atoms with van der Waals surface area (Å²) in [5.41, 5.74) is 6.13. The molecule has 1 atom stereocenters. The van der Waals surface area contributed by atoms with Crippen molar-refractivity contribution in [3.05, 3.63) is 96.1 Å². The number of aromatic nitrogens is 4. The van der Waals surface area contributed by atoms with Crippen LogP contribution in [-0.4, -0.2) is 43.4 Å². The van der Waals surface area contributed by atoms with Crippen LogP contribution in [0.4, 0.5) is 0 Å². The maximum Gasteiger partial charge on any atom is 0.253 e. The molecule has 0 radical (unpaired) electrons. The molecule has 0 saturated carbocycles. The predicted molar refractivity (Wildman–Crippen MR) is 128 cm³/mol. The maximum absolute atomic E-state index is 13.3.